The number of ether oxygens (including phenoxy) is 1. The first-order valence-corrected chi connectivity index (χ1v) is 7.59. The van der Waals surface area contributed by atoms with Gasteiger partial charge in [-0.1, -0.05) is 31.4 Å². The van der Waals surface area contributed by atoms with E-state index in [2.05, 4.69) is 10.2 Å². The van der Waals surface area contributed by atoms with Crippen LogP contribution < -0.4 is 15.0 Å². The Morgan fingerprint density at radius 1 is 1.25 bits per heavy atom. The van der Waals surface area contributed by atoms with Crippen molar-refractivity contribution in [3.63, 3.8) is 0 Å². The molecule has 1 saturated carbocycles. The normalized spacial score (nSPS) is 19.1. The van der Waals surface area contributed by atoms with Crippen molar-refractivity contribution in [1.82, 2.24) is 5.32 Å². The average molecular weight is 274 g/mol. The summed E-state index contributed by atoms with van der Waals surface area (Å²) in [4.78, 5) is 14.3. The number of para-hydroxylation sites is 2. The standard InChI is InChI=1S/C16H22N2O2/c19-16(17-13-6-2-1-3-7-13)12-18-10-11-20-15-9-5-4-8-14(15)18/h4-5,8-9,13H,1-3,6-7,10-12H2,(H,17,19). The van der Waals surface area contributed by atoms with E-state index in [0.717, 1.165) is 30.8 Å². The first-order chi connectivity index (χ1) is 9.83. The van der Waals surface area contributed by atoms with E-state index in [4.69, 9.17) is 4.74 Å². The number of hydrogen-bond donors (Lipinski definition) is 1. The number of nitrogens with zero attached hydrogens (tertiary/aromatic N) is 1. The molecule has 2 aliphatic rings. The molecule has 0 unspecified atom stereocenters. The second-order valence-electron chi connectivity index (χ2n) is 5.64. The highest BCUT2D eigenvalue weighted by Gasteiger charge is 2.21. The molecule has 1 fully saturated rings. The number of carbonyl (C=O) groups excluding carboxylic acids is 1. The Bertz CT molecular complexity index is 469. The van der Waals surface area contributed by atoms with Crippen molar-refractivity contribution in [2.45, 2.75) is 38.1 Å². The average Bonchev–Trinajstić information content (AvgIpc) is 2.48. The maximum Gasteiger partial charge on any atom is 0.239 e. The molecule has 0 saturated heterocycles. The molecule has 0 bridgehead atoms. The number of nitrogens with one attached hydrogen (secondary N) is 1. The summed E-state index contributed by atoms with van der Waals surface area (Å²) in [5.74, 6) is 1.01. The summed E-state index contributed by atoms with van der Waals surface area (Å²) in [6, 6.07) is 8.31. The van der Waals surface area contributed by atoms with Crippen LogP contribution in [0.25, 0.3) is 0 Å². The Hall–Kier alpha value is -1.71. The predicted molar refractivity (Wildman–Crippen MR) is 79.2 cm³/mol. The predicted octanol–water partition coefficient (Wildman–Crippen LogP) is 2.33. The summed E-state index contributed by atoms with van der Waals surface area (Å²) in [6.07, 6.45) is 6.05. The highest BCUT2D eigenvalue weighted by molar-refractivity contribution is 5.82. The van der Waals surface area contributed by atoms with Crippen molar-refractivity contribution in [3.05, 3.63) is 24.3 Å². The zero-order valence-corrected chi connectivity index (χ0v) is 11.8. The minimum absolute atomic E-state index is 0.133. The van der Waals surface area contributed by atoms with E-state index in [1.54, 1.807) is 0 Å². The molecule has 1 heterocycles. The SMILES string of the molecule is O=C(CN1CCOc2ccccc21)NC1CCCCC1. The summed E-state index contributed by atoms with van der Waals surface area (Å²) in [5.41, 5.74) is 1.03. The van der Waals surface area contributed by atoms with Crippen LogP contribution in [0.1, 0.15) is 32.1 Å². The number of anilines is 1. The fraction of sp³-hybridized carbons (Fsp3) is 0.562. The largest absolute Gasteiger partial charge is 0.490 e. The van der Waals surface area contributed by atoms with Crippen LogP contribution in [-0.2, 0) is 4.79 Å². The minimum atomic E-state index is 0.133. The van der Waals surface area contributed by atoms with Gasteiger partial charge < -0.3 is 15.0 Å². The molecule has 108 valence electrons. The lowest BCUT2D eigenvalue weighted by molar-refractivity contribution is -0.120. The maximum atomic E-state index is 12.2. The molecule has 0 aromatic heterocycles. The molecular formula is C16H22N2O2. The summed E-state index contributed by atoms with van der Waals surface area (Å²) >= 11 is 0. The number of rotatable bonds is 3. The molecule has 4 heteroatoms. The van der Waals surface area contributed by atoms with Gasteiger partial charge in [0.15, 0.2) is 0 Å². The Morgan fingerprint density at radius 2 is 2.05 bits per heavy atom. The van der Waals surface area contributed by atoms with Crippen molar-refractivity contribution >= 4 is 11.6 Å². The van der Waals surface area contributed by atoms with E-state index < -0.39 is 0 Å². The number of hydrogen-bond acceptors (Lipinski definition) is 3. The lowest BCUT2D eigenvalue weighted by Crippen LogP contribution is -2.45. The van der Waals surface area contributed by atoms with Crippen LogP contribution in [0.2, 0.25) is 0 Å². The molecule has 0 radical (unpaired) electrons. The van der Waals surface area contributed by atoms with Crippen LogP contribution >= 0.6 is 0 Å². The molecule has 1 N–H and O–H groups in total. The third kappa shape index (κ3) is 3.06. The monoisotopic (exact) mass is 274 g/mol. The van der Waals surface area contributed by atoms with Gasteiger partial charge in [0.2, 0.25) is 5.91 Å². The molecule has 1 amide bonds. The van der Waals surface area contributed by atoms with Crippen molar-refractivity contribution in [2.24, 2.45) is 0 Å². The first-order valence-electron chi connectivity index (χ1n) is 7.59. The number of fused-ring (bicyclic) bond motifs is 1. The fourth-order valence-corrected chi connectivity index (χ4v) is 3.08. The topological polar surface area (TPSA) is 41.6 Å². The molecule has 1 aliphatic carbocycles. The van der Waals surface area contributed by atoms with E-state index in [1.165, 1.54) is 19.3 Å². The first kappa shape index (κ1) is 13.3. The van der Waals surface area contributed by atoms with Gasteiger partial charge in [-0.15, -0.1) is 0 Å². The quantitative estimate of drug-likeness (QED) is 0.920. The Morgan fingerprint density at radius 3 is 2.90 bits per heavy atom. The lowest BCUT2D eigenvalue weighted by Gasteiger charge is -2.31. The van der Waals surface area contributed by atoms with Gasteiger partial charge in [0.05, 0.1) is 18.8 Å². The summed E-state index contributed by atoms with van der Waals surface area (Å²) in [5, 5.41) is 3.18. The minimum Gasteiger partial charge on any atom is -0.490 e. The lowest BCUT2D eigenvalue weighted by atomic mass is 9.95. The molecule has 0 atom stereocenters. The van der Waals surface area contributed by atoms with Gasteiger partial charge in [0.1, 0.15) is 12.4 Å². The van der Waals surface area contributed by atoms with Crippen LogP contribution in [0, 0.1) is 0 Å². The van der Waals surface area contributed by atoms with Crippen LogP contribution in [0.5, 0.6) is 5.75 Å². The van der Waals surface area contributed by atoms with E-state index in [0.29, 0.717) is 19.2 Å². The Balaban J connectivity index is 1.59. The van der Waals surface area contributed by atoms with Crippen molar-refractivity contribution < 1.29 is 9.53 Å². The summed E-state index contributed by atoms with van der Waals surface area (Å²) in [6.45, 7) is 1.85. The maximum absolute atomic E-state index is 12.2. The zero-order chi connectivity index (χ0) is 13.8. The molecule has 1 aromatic carbocycles. The molecule has 3 rings (SSSR count). The molecule has 20 heavy (non-hydrogen) atoms. The number of carbonyl (C=O) groups is 1. The Labute approximate surface area is 120 Å². The highest BCUT2D eigenvalue weighted by Crippen LogP contribution is 2.30. The van der Waals surface area contributed by atoms with Gasteiger partial charge >= 0.3 is 0 Å². The van der Waals surface area contributed by atoms with Crippen molar-refractivity contribution in [2.75, 3.05) is 24.6 Å². The molecular weight excluding hydrogens is 252 g/mol. The van der Waals surface area contributed by atoms with Crippen molar-refractivity contribution in [3.8, 4) is 5.75 Å². The van der Waals surface area contributed by atoms with Crippen LogP contribution in [0.4, 0.5) is 5.69 Å². The zero-order valence-electron chi connectivity index (χ0n) is 11.8. The molecule has 1 aliphatic heterocycles. The van der Waals surface area contributed by atoms with Crippen LogP contribution in [0.3, 0.4) is 0 Å². The van der Waals surface area contributed by atoms with Gasteiger partial charge in [0.25, 0.3) is 0 Å². The second-order valence-corrected chi connectivity index (χ2v) is 5.64. The van der Waals surface area contributed by atoms with E-state index in [-0.39, 0.29) is 5.91 Å². The second kappa shape index (κ2) is 6.16. The van der Waals surface area contributed by atoms with Gasteiger partial charge in [-0.3, -0.25) is 4.79 Å². The molecule has 0 spiro atoms. The van der Waals surface area contributed by atoms with Gasteiger partial charge in [-0.2, -0.15) is 0 Å². The van der Waals surface area contributed by atoms with E-state index >= 15 is 0 Å². The van der Waals surface area contributed by atoms with E-state index in [9.17, 15) is 4.79 Å². The molecule has 1 aromatic rings. The smallest absolute Gasteiger partial charge is 0.239 e. The number of amides is 1. The van der Waals surface area contributed by atoms with Crippen molar-refractivity contribution in [1.29, 1.82) is 0 Å². The summed E-state index contributed by atoms with van der Waals surface area (Å²) < 4.78 is 5.61. The van der Waals surface area contributed by atoms with Gasteiger partial charge in [-0.25, -0.2) is 0 Å². The fourth-order valence-electron chi connectivity index (χ4n) is 3.08. The third-order valence-electron chi connectivity index (χ3n) is 4.13. The summed E-state index contributed by atoms with van der Waals surface area (Å²) in [7, 11) is 0. The molecule has 4 nitrogen and oxygen atoms in total. The Kier molecular flexibility index (Phi) is 4.09. The van der Waals surface area contributed by atoms with Gasteiger partial charge in [-0.05, 0) is 25.0 Å². The highest BCUT2D eigenvalue weighted by atomic mass is 16.5. The third-order valence-corrected chi connectivity index (χ3v) is 4.13. The van der Waals surface area contributed by atoms with Crippen LogP contribution in [-0.4, -0.2) is 31.6 Å². The number of benzene rings is 1. The van der Waals surface area contributed by atoms with Gasteiger partial charge in [0, 0.05) is 6.04 Å². The van der Waals surface area contributed by atoms with Crippen LogP contribution in [0.15, 0.2) is 24.3 Å². The van der Waals surface area contributed by atoms with E-state index in [1.807, 2.05) is 24.3 Å².